The maximum atomic E-state index is 11.5. The number of nitrogens with zero attached hydrogens (tertiary/aromatic N) is 2. The van der Waals surface area contributed by atoms with Crippen LogP contribution in [0.4, 0.5) is 11.4 Å². The highest BCUT2D eigenvalue weighted by Gasteiger charge is 2.25. The standard InChI is InChI=1S/C25H24N2O4/c28-25(29)21-9-11-26-16-18(21)6-5-17-10-13-30-24-15-19(7-8-20(17)24)27-12-14-31-23-4-2-1-3-22(23)27/h1-4,7-9,11,15-17H,5-6,10,12-14H2,(H,28,29). The minimum atomic E-state index is -0.903. The van der Waals surface area contributed by atoms with E-state index in [0.717, 1.165) is 47.8 Å². The van der Waals surface area contributed by atoms with Crippen molar-refractivity contribution in [3.8, 4) is 11.5 Å². The number of carboxylic acid groups (broad SMARTS) is 1. The first-order chi connectivity index (χ1) is 15.2. The first-order valence-electron chi connectivity index (χ1n) is 10.6. The van der Waals surface area contributed by atoms with Crippen molar-refractivity contribution in [1.82, 2.24) is 4.98 Å². The first-order valence-corrected chi connectivity index (χ1v) is 10.6. The Morgan fingerprint density at radius 1 is 1.10 bits per heavy atom. The van der Waals surface area contributed by atoms with Gasteiger partial charge in [-0.15, -0.1) is 0 Å². The molecular formula is C25H24N2O4. The lowest BCUT2D eigenvalue weighted by Gasteiger charge is -2.33. The Balaban J connectivity index is 1.38. The summed E-state index contributed by atoms with van der Waals surface area (Å²) in [5, 5.41) is 9.42. The van der Waals surface area contributed by atoms with E-state index in [1.807, 2.05) is 18.2 Å². The molecule has 3 heterocycles. The third-order valence-electron chi connectivity index (χ3n) is 6.10. The van der Waals surface area contributed by atoms with E-state index in [1.165, 1.54) is 11.8 Å². The van der Waals surface area contributed by atoms with Gasteiger partial charge in [0.25, 0.3) is 0 Å². The molecule has 1 N–H and O–H groups in total. The number of carboxylic acids is 1. The third-order valence-corrected chi connectivity index (χ3v) is 6.10. The number of pyridine rings is 1. The van der Waals surface area contributed by atoms with Crippen LogP contribution in [0.25, 0.3) is 0 Å². The van der Waals surface area contributed by atoms with E-state index < -0.39 is 5.97 Å². The molecule has 5 rings (SSSR count). The Hall–Kier alpha value is -3.54. The molecule has 1 aromatic heterocycles. The zero-order chi connectivity index (χ0) is 21.2. The second kappa shape index (κ2) is 8.30. The number of rotatable bonds is 5. The summed E-state index contributed by atoms with van der Waals surface area (Å²) in [5.74, 6) is 1.25. The lowest BCUT2D eigenvalue weighted by molar-refractivity contribution is 0.0695. The molecule has 2 aliphatic rings. The molecule has 0 radical (unpaired) electrons. The Kier molecular flexibility index (Phi) is 5.20. The van der Waals surface area contributed by atoms with Crippen molar-refractivity contribution in [1.29, 1.82) is 0 Å². The number of hydrogen-bond acceptors (Lipinski definition) is 5. The Morgan fingerprint density at radius 2 is 1.97 bits per heavy atom. The second-order valence-corrected chi connectivity index (χ2v) is 7.90. The van der Waals surface area contributed by atoms with Crippen LogP contribution in [0.2, 0.25) is 0 Å². The number of benzene rings is 2. The average molecular weight is 416 g/mol. The summed E-state index contributed by atoms with van der Waals surface area (Å²) >= 11 is 0. The van der Waals surface area contributed by atoms with Gasteiger partial charge < -0.3 is 19.5 Å². The summed E-state index contributed by atoms with van der Waals surface area (Å²) in [6.45, 7) is 2.10. The highest BCUT2D eigenvalue weighted by molar-refractivity contribution is 5.89. The molecule has 2 aliphatic heterocycles. The highest BCUT2D eigenvalue weighted by Crippen LogP contribution is 2.42. The molecule has 0 fully saturated rings. The number of aromatic nitrogens is 1. The first kappa shape index (κ1) is 19.4. The normalized spacial score (nSPS) is 17.2. The monoisotopic (exact) mass is 416 g/mol. The Labute approximate surface area is 181 Å². The van der Waals surface area contributed by atoms with E-state index in [4.69, 9.17) is 9.47 Å². The second-order valence-electron chi connectivity index (χ2n) is 7.90. The van der Waals surface area contributed by atoms with E-state index in [9.17, 15) is 9.90 Å². The Bertz CT molecular complexity index is 1110. The average Bonchev–Trinajstić information content (AvgIpc) is 2.82. The van der Waals surface area contributed by atoms with Gasteiger partial charge in [-0.2, -0.15) is 0 Å². The van der Waals surface area contributed by atoms with Crippen LogP contribution in [0.1, 0.15) is 40.2 Å². The predicted molar refractivity (Wildman–Crippen MR) is 118 cm³/mol. The minimum absolute atomic E-state index is 0.330. The molecule has 0 spiro atoms. The zero-order valence-electron chi connectivity index (χ0n) is 17.2. The number of aryl methyl sites for hydroxylation is 1. The van der Waals surface area contributed by atoms with Gasteiger partial charge in [-0.05, 0) is 60.6 Å². The van der Waals surface area contributed by atoms with Gasteiger partial charge in [0.15, 0.2) is 0 Å². The van der Waals surface area contributed by atoms with Gasteiger partial charge in [-0.25, -0.2) is 4.79 Å². The van der Waals surface area contributed by atoms with Crippen LogP contribution in [-0.4, -0.2) is 35.8 Å². The largest absolute Gasteiger partial charge is 0.493 e. The fraction of sp³-hybridized carbons (Fsp3) is 0.280. The van der Waals surface area contributed by atoms with Crippen LogP contribution in [0.15, 0.2) is 60.9 Å². The molecule has 2 aromatic carbocycles. The van der Waals surface area contributed by atoms with E-state index >= 15 is 0 Å². The van der Waals surface area contributed by atoms with Crippen LogP contribution in [0, 0.1) is 0 Å². The minimum Gasteiger partial charge on any atom is -0.493 e. The molecule has 1 atom stereocenters. The summed E-state index contributed by atoms with van der Waals surface area (Å²) in [4.78, 5) is 17.9. The number of fused-ring (bicyclic) bond motifs is 2. The van der Waals surface area contributed by atoms with Crippen LogP contribution in [0.3, 0.4) is 0 Å². The molecule has 0 saturated heterocycles. The molecule has 6 nitrogen and oxygen atoms in total. The van der Waals surface area contributed by atoms with E-state index in [-0.39, 0.29) is 0 Å². The van der Waals surface area contributed by atoms with Crippen molar-refractivity contribution >= 4 is 17.3 Å². The van der Waals surface area contributed by atoms with E-state index in [2.05, 4.69) is 34.1 Å². The lowest BCUT2D eigenvalue weighted by Crippen LogP contribution is -2.28. The van der Waals surface area contributed by atoms with Crippen molar-refractivity contribution in [3.05, 3.63) is 77.6 Å². The molecular weight excluding hydrogens is 392 g/mol. The van der Waals surface area contributed by atoms with Gasteiger partial charge in [0, 0.05) is 24.1 Å². The van der Waals surface area contributed by atoms with E-state index in [0.29, 0.717) is 31.1 Å². The van der Waals surface area contributed by atoms with Crippen LogP contribution >= 0.6 is 0 Å². The molecule has 6 heteroatoms. The summed E-state index contributed by atoms with van der Waals surface area (Å²) in [6, 6.07) is 16.1. The summed E-state index contributed by atoms with van der Waals surface area (Å²) in [7, 11) is 0. The number of anilines is 2. The van der Waals surface area contributed by atoms with Gasteiger partial charge in [-0.3, -0.25) is 4.98 Å². The number of hydrogen-bond donors (Lipinski definition) is 1. The van der Waals surface area contributed by atoms with Gasteiger partial charge in [-0.1, -0.05) is 18.2 Å². The van der Waals surface area contributed by atoms with Gasteiger partial charge in [0.05, 0.1) is 24.4 Å². The topological polar surface area (TPSA) is 71.9 Å². The predicted octanol–water partition coefficient (Wildman–Crippen LogP) is 4.81. The highest BCUT2D eigenvalue weighted by atomic mass is 16.5. The van der Waals surface area contributed by atoms with Crippen molar-refractivity contribution in [2.45, 2.75) is 25.2 Å². The molecule has 0 saturated carbocycles. The maximum Gasteiger partial charge on any atom is 0.336 e. The molecule has 1 unspecified atom stereocenters. The molecule has 3 aromatic rings. The van der Waals surface area contributed by atoms with Crippen molar-refractivity contribution in [2.24, 2.45) is 0 Å². The molecule has 31 heavy (non-hydrogen) atoms. The fourth-order valence-corrected chi connectivity index (χ4v) is 4.52. The van der Waals surface area contributed by atoms with Crippen molar-refractivity contribution in [3.63, 3.8) is 0 Å². The molecule has 0 bridgehead atoms. The SMILES string of the molecule is O=C(O)c1ccncc1CCC1CCOc2cc(N3CCOc4ccccc43)ccc21. The van der Waals surface area contributed by atoms with E-state index in [1.54, 1.807) is 12.3 Å². The quantitative estimate of drug-likeness (QED) is 0.644. The summed E-state index contributed by atoms with van der Waals surface area (Å²) in [5.41, 5.74) is 4.47. The van der Waals surface area contributed by atoms with Gasteiger partial charge in [0.1, 0.15) is 18.1 Å². The molecule has 158 valence electrons. The number of para-hydroxylation sites is 2. The number of aromatic carboxylic acids is 1. The van der Waals surface area contributed by atoms with Crippen LogP contribution in [0.5, 0.6) is 11.5 Å². The smallest absolute Gasteiger partial charge is 0.336 e. The van der Waals surface area contributed by atoms with Crippen LogP contribution < -0.4 is 14.4 Å². The summed E-state index contributed by atoms with van der Waals surface area (Å²) in [6.07, 6.45) is 5.67. The van der Waals surface area contributed by atoms with Gasteiger partial charge in [0.2, 0.25) is 0 Å². The van der Waals surface area contributed by atoms with Crippen LogP contribution in [-0.2, 0) is 6.42 Å². The Morgan fingerprint density at radius 3 is 2.87 bits per heavy atom. The number of ether oxygens (including phenoxy) is 2. The fourth-order valence-electron chi connectivity index (χ4n) is 4.52. The van der Waals surface area contributed by atoms with Crippen molar-refractivity contribution in [2.75, 3.05) is 24.7 Å². The summed E-state index contributed by atoms with van der Waals surface area (Å²) < 4.78 is 11.8. The molecule has 0 aliphatic carbocycles. The molecule has 0 amide bonds. The number of carbonyl (C=O) groups is 1. The third kappa shape index (κ3) is 3.81. The van der Waals surface area contributed by atoms with Crippen molar-refractivity contribution < 1.29 is 19.4 Å². The lowest BCUT2D eigenvalue weighted by atomic mass is 9.87. The van der Waals surface area contributed by atoms with Gasteiger partial charge >= 0.3 is 5.97 Å². The zero-order valence-corrected chi connectivity index (χ0v) is 17.2. The maximum absolute atomic E-state index is 11.5.